The lowest BCUT2D eigenvalue weighted by molar-refractivity contribution is -0.122. The van der Waals surface area contributed by atoms with Crippen LogP contribution in [0.15, 0.2) is 16.5 Å². The summed E-state index contributed by atoms with van der Waals surface area (Å²) in [6.45, 7) is 5.98. The fourth-order valence-corrected chi connectivity index (χ4v) is 1.92. The number of nitrogens with one attached hydrogen (secondary N) is 2. The third-order valence-corrected chi connectivity index (χ3v) is 3.02. The van der Waals surface area contributed by atoms with Crippen molar-refractivity contribution in [1.29, 1.82) is 0 Å². The molecule has 0 fully saturated rings. The van der Waals surface area contributed by atoms with Crippen molar-refractivity contribution in [2.24, 2.45) is 0 Å². The van der Waals surface area contributed by atoms with Gasteiger partial charge in [-0.15, -0.1) is 0 Å². The summed E-state index contributed by atoms with van der Waals surface area (Å²) >= 11 is 0. The predicted octanol–water partition coefficient (Wildman–Crippen LogP) is 2.46. The summed E-state index contributed by atoms with van der Waals surface area (Å²) in [5.74, 6) is 1.65. The summed E-state index contributed by atoms with van der Waals surface area (Å²) in [4.78, 5) is 22.4. The van der Waals surface area contributed by atoms with E-state index in [1.807, 2.05) is 26.0 Å². The van der Waals surface area contributed by atoms with Gasteiger partial charge in [0, 0.05) is 19.9 Å². The minimum absolute atomic E-state index is 0.00897. The van der Waals surface area contributed by atoms with Crippen molar-refractivity contribution >= 4 is 11.8 Å². The van der Waals surface area contributed by atoms with Crippen molar-refractivity contribution < 1.29 is 14.0 Å². The Morgan fingerprint density at radius 2 is 2.00 bits per heavy atom. The lowest BCUT2D eigenvalue weighted by Gasteiger charge is -2.11. The molecule has 112 valence electrons. The van der Waals surface area contributed by atoms with Crippen LogP contribution in [0.5, 0.6) is 0 Å². The number of rotatable bonds is 8. The second-order valence-electron chi connectivity index (χ2n) is 5.03. The Morgan fingerprint density at radius 3 is 2.60 bits per heavy atom. The quantitative estimate of drug-likeness (QED) is 0.719. The Labute approximate surface area is 120 Å². The minimum Gasteiger partial charge on any atom is -0.464 e. The van der Waals surface area contributed by atoms with E-state index in [4.69, 9.17) is 4.42 Å². The Bertz CT molecular complexity index is 440. The largest absolute Gasteiger partial charge is 0.464 e. The molecule has 1 unspecified atom stereocenters. The van der Waals surface area contributed by atoms with Gasteiger partial charge in [0.05, 0.1) is 6.04 Å². The number of hydrogen-bond acceptors (Lipinski definition) is 3. The number of amides is 2. The molecule has 1 aromatic rings. The van der Waals surface area contributed by atoms with Gasteiger partial charge in [0.2, 0.25) is 11.8 Å². The normalized spacial score (nSPS) is 11.9. The number of aryl methyl sites for hydroxylation is 1. The Morgan fingerprint density at radius 1 is 1.25 bits per heavy atom. The highest BCUT2D eigenvalue weighted by Gasteiger charge is 2.12. The van der Waals surface area contributed by atoms with Crippen molar-refractivity contribution in [2.45, 2.75) is 52.5 Å². The molecule has 0 aliphatic carbocycles. The minimum atomic E-state index is -0.101. The first kappa shape index (κ1) is 16.3. The van der Waals surface area contributed by atoms with Gasteiger partial charge in [-0.3, -0.25) is 9.59 Å². The SMILES string of the molecule is CC(=O)NCCCCCC(=O)NC(C)c1ccc(C)o1. The molecule has 0 bridgehead atoms. The molecular weight excluding hydrogens is 256 g/mol. The molecule has 0 spiro atoms. The summed E-state index contributed by atoms with van der Waals surface area (Å²) in [7, 11) is 0. The van der Waals surface area contributed by atoms with Crippen LogP contribution >= 0.6 is 0 Å². The predicted molar refractivity (Wildman–Crippen MR) is 77.2 cm³/mol. The average Bonchev–Trinajstić information content (AvgIpc) is 2.80. The standard InChI is InChI=1S/C15H24N2O3/c1-11-8-9-14(20-11)12(2)17-15(19)7-5-4-6-10-16-13(3)18/h8-9,12H,4-7,10H2,1-3H3,(H,16,18)(H,17,19). The van der Waals surface area contributed by atoms with E-state index in [2.05, 4.69) is 10.6 Å². The highest BCUT2D eigenvalue weighted by Crippen LogP contribution is 2.15. The Kier molecular flexibility index (Phi) is 6.84. The Hall–Kier alpha value is -1.78. The number of carbonyl (C=O) groups excluding carboxylic acids is 2. The number of carbonyl (C=O) groups is 2. The van der Waals surface area contributed by atoms with Crippen LogP contribution in [0.25, 0.3) is 0 Å². The summed E-state index contributed by atoms with van der Waals surface area (Å²) < 4.78 is 5.47. The van der Waals surface area contributed by atoms with Gasteiger partial charge in [-0.2, -0.15) is 0 Å². The zero-order chi connectivity index (χ0) is 15.0. The van der Waals surface area contributed by atoms with Gasteiger partial charge in [0.25, 0.3) is 0 Å². The van der Waals surface area contributed by atoms with Gasteiger partial charge >= 0.3 is 0 Å². The molecule has 1 heterocycles. The highest BCUT2D eigenvalue weighted by atomic mass is 16.3. The molecule has 2 amide bonds. The monoisotopic (exact) mass is 280 g/mol. The van der Waals surface area contributed by atoms with Gasteiger partial charge in [-0.25, -0.2) is 0 Å². The maximum absolute atomic E-state index is 11.8. The van der Waals surface area contributed by atoms with E-state index >= 15 is 0 Å². The second-order valence-corrected chi connectivity index (χ2v) is 5.03. The Balaban J connectivity index is 2.12. The van der Waals surface area contributed by atoms with Gasteiger partial charge in [0.15, 0.2) is 0 Å². The summed E-state index contributed by atoms with van der Waals surface area (Å²) in [6, 6.07) is 3.67. The highest BCUT2D eigenvalue weighted by molar-refractivity contribution is 5.76. The first-order chi connectivity index (χ1) is 9.49. The number of furan rings is 1. The first-order valence-electron chi connectivity index (χ1n) is 7.09. The summed E-state index contributed by atoms with van der Waals surface area (Å²) in [5.41, 5.74) is 0. The van der Waals surface area contributed by atoms with Crippen LogP contribution in [-0.2, 0) is 9.59 Å². The zero-order valence-corrected chi connectivity index (χ0v) is 12.5. The van der Waals surface area contributed by atoms with E-state index in [0.29, 0.717) is 13.0 Å². The molecule has 0 radical (unpaired) electrons. The van der Waals surface area contributed by atoms with Gasteiger partial charge < -0.3 is 15.1 Å². The molecule has 1 atom stereocenters. The van der Waals surface area contributed by atoms with E-state index in [1.165, 1.54) is 6.92 Å². The maximum Gasteiger partial charge on any atom is 0.220 e. The summed E-state index contributed by atoms with van der Waals surface area (Å²) in [6.07, 6.45) is 3.17. The van der Waals surface area contributed by atoms with Crippen molar-refractivity contribution in [1.82, 2.24) is 10.6 Å². The molecular formula is C15H24N2O3. The van der Waals surface area contributed by atoms with E-state index in [0.717, 1.165) is 30.8 Å². The van der Waals surface area contributed by atoms with Crippen LogP contribution in [0.2, 0.25) is 0 Å². The molecule has 20 heavy (non-hydrogen) atoms. The van der Waals surface area contributed by atoms with Crippen molar-refractivity contribution in [3.8, 4) is 0 Å². The molecule has 0 saturated heterocycles. The van der Waals surface area contributed by atoms with Gasteiger partial charge in [-0.05, 0) is 38.8 Å². The topological polar surface area (TPSA) is 71.3 Å². The zero-order valence-electron chi connectivity index (χ0n) is 12.5. The van der Waals surface area contributed by atoms with E-state index in [1.54, 1.807) is 0 Å². The number of unbranched alkanes of at least 4 members (excludes halogenated alkanes) is 2. The lowest BCUT2D eigenvalue weighted by atomic mass is 10.1. The van der Waals surface area contributed by atoms with Crippen molar-refractivity contribution in [3.63, 3.8) is 0 Å². The van der Waals surface area contributed by atoms with Gasteiger partial charge in [-0.1, -0.05) is 6.42 Å². The molecule has 1 aromatic heterocycles. The lowest BCUT2D eigenvalue weighted by Crippen LogP contribution is -2.26. The molecule has 0 aromatic carbocycles. The average molecular weight is 280 g/mol. The first-order valence-corrected chi connectivity index (χ1v) is 7.09. The number of hydrogen-bond donors (Lipinski definition) is 2. The van der Waals surface area contributed by atoms with Crippen LogP contribution in [-0.4, -0.2) is 18.4 Å². The van der Waals surface area contributed by atoms with Crippen molar-refractivity contribution in [3.05, 3.63) is 23.7 Å². The van der Waals surface area contributed by atoms with Crippen LogP contribution in [0.3, 0.4) is 0 Å². The molecule has 0 saturated carbocycles. The molecule has 5 heteroatoms. The van der Waals surface area contributed by atoms with Crippen molar-refractivity contribution in [2.75, 3.05) is 6.54 Å². The van der Waals surface area contributed by atoms with Crippen LogP contribution in [0.4, 0.5) is 0 Å². The van der Waals surface area contributed by atoms with Crippen LogP contribution in [0.1, 0.15) is 57.1 Å². The fraction of sp³-hybridized carbons (Fsp3) is 0.600. The second kappa shape index (κ2) is 8.40. The molecule has 5 nitrogen and oxygen atoms in total. The summed E-state index contributed by atoms with van der Waals surface area (Å²) in [5, 5.41) is 5.65. The van der Waals surface area contributed by atoms with E-state index < -0.39 is 0 Å². The molecule has 1 rings (SSSR count). The fourth-order valence-electron chi connectivity index (χ4n) is 1.92. The van der Waals surface area contributed by atoms with Crippen LogP contribution < -0.4 is 10.6 Å². The third-order valence-electron chi connectivity index (χ3n) is 3.02. The van der Waals surface area contributed by atoms with E-state index in [9.17, 15) is 9.59 Å². The molecule has 0 aliphatic heterocycles. The van der Waals surface area contributed by atoms with E-state index in [-0.39, 0.29) is 17.9 Å². The van der Waals surface area contributed by atoms with Gasteiger partial charge in [0.1, 0.15) is 11.5 Å². The smallest absolute Gasteiger partial charge is 0.220 e. The maximum atomic E-state index is 11.8. The molecule has 2 N–H and O–H groups in total. The third kappa shape index (κ3) is 6.41. The van der Waals surface area contributed by atoms with Crippen LogP contribution in [0, 0.1) is 6.92 Å². The molecule has 0 aliphatic rings.